The maximum atomic E-state index is 13.8. The SMILES string of the molecule is CN1CCN(Cc2cc(NC(=O)c3ccc4c(c3)N(Cc3cnc(Nc5cnn(C)c5)nc3)CC4)cc(C(F)(F)F)c2)CC1. The zero-order valence-corrected chi connectivity index (χ0v) is 24.6. The van der Waals surface area contributed by atoms with Gasteiger partial charge in [0, 0.05) is 94.0 Å². The van der Waals surface area contributed by atoms with Crippen molar-refractivity contribution in [2.75, 3.05) is 55.3 Å². The summed E-state index contributed by atoms with van der Waals surface area (Å²) < 4.78 is 43.0. The molecule has 0 radical (unpaired) electrons. The number of hydrogen-bond donors (Lipinski definition) is 2. The van der Waals surface area contributed by atoms with Gasteiger partial charge in [-0.2, -0.15) is 18.3 Å². The monoisotopic (exact) mass is 605 g/mol. The van der Waals surface area contributed by atoms with E-state index < -0.39 is 17.6 Å². The summed E-state index contributed by atoms with van der Waals surface area (Å²) >= 11 is 0. The van der Waals surface area contributed by atoms with Crippen molar-refractivity contribution < 1.29 is 18.0 Å². The summed E-state index contributed by atoms with van der Waals surface area (Å²) in [6.45, 7) is 4.98. The molecule has 2 aliphatic rings. The summed E-state index contributed by atoms with van der Waals surface area (Å²) in [5.41, 5.74) is 3.95. The number of alkyl halides is 3. The van der Waals surface area contributed by atoms with Crippen molar-refractivity contribution in [3.05, 3.63) is 89.0 Å². The average molecular weight is 606 g/mol. The summed E-state index contributed by atoms with van der Waals surface area (Å²) in [6, 6.07) is 9.24. The van der Waals surface area contributed by atoms with E-state index in [1.165, 1.54) is 6.07 Å². The lowest BCUT2D eigenvalue weighted by atomic mass is 10.1. The fraction of sp³-hybridized carbons (Fsp3) is 0.355. The summed E-state index contributed by atoms with van der Waals surface area (Å²) in [6.07, 6.45) is 3.32. The van der Waals surface area contributed by atoms with Gasteiger partial charge in [-0.15, -0.1) is 0 Å². The highest BCUT2D eigenvalue weighted by atomic mass is 19.4. The first-order valence-electron chi connectivity index (χ1n) is 14.5. The lowest BCUT2D eigenvalue weighted by Gasteiger charge is -2.32. The number of piperazine rings is 1. The van der Waals surface area contributed by atoms with Gasteiger partial charge in [0.25, 0.3) is 5.91 Å². The lowest BCUT2D eigenvalue weighted by molar-refractivity contribution is -0.137. The molecule has 4 aromatic rings. The molecule has 0 atom stereocenters. The largest absolute Gasteiger partial charge is 0.416 e. The highest BCUT2D eigenvalue weighted by Gasteiger charge is 2.32. The van der Waals surface area contributed by atoms with Crippen LogP contribution in [0.1, 0.15) is 32.6 Å². The van der Waals surface area contributed by atoms with Crippen LogP contribution in [0.3, 0.4) is 0 Å². The van der Waals surface area contributed by atoms with Crippen molar-refractivity contribution in [3.63, 3.8) is 0 Å². The van der Waals surface area contributed by atoms with Crippen molar-refractivity contribution in [1.82, 2.24) is 29.5 Å². The van der Waals surface area contributed by atoms with Crippen molar-refractivity contribution in [2.24, 2.45) is 7.05 Å². The number of rotatable bonds is 8. The molecule has 0 spiro atoms. The Labute approximate surface area is 253 Å². The molecular formula is C31H34F3N9O. The van der Waals surface area contributed by atoms with E-state index in [1.54, 1.807) is 41.5 Å². The minimum Gasteiger partial charge on any atom is -0.367 e. The van der Waals surface area contributed by atoms with Gasteiger partial charge in [-0.25, -0.2) is 9.97 Å². The van der Waals surface area contributed by atoms with E-state index in [9.17, 15) is 18.0 Å². The van der Waals surface area contributed by atoms with E-state index in [0.29, 0.717) is 30.2 Å². The second-order valence-electron chi connectivity index (χ2n) is 11.4. The zero-order valence-electron chi connectivity index (χ0n) is 24.6. The van der Waals surface area contributed by atoms with Crippen LogP contribution in [0.25, 0.3) is 0 Å². The third kappa shape index (κ3) is 7.00. The van der Waals surface area contributed by atoms with Crippen LogP contribution in [0.15, 0.2) is 61.2 Å². The van der Waals surface area contributed by atoms with E-state index in [0.717, 1.165) is 67.7 Å². The van der Waals surface area contributed by atoms with Crippen LogP contribution in [0, 0.1) is 0 Å². The van der Waals surface area contributed by atoms with Crippen LogP contribution in [-0.2, 0) is 32.7 Å². The number of nitrogens with zero attached hydrogens (tertiary/aromatic N) is 7. The number of halogens is 3. The molecule has 10 nitrogen and oxygen atoms in total. The molecule has 1 saturated heterocycles. The van der Waals surface area contributed by atoms with Gasteiger partial charge in [0.1, 0.15) is 0 Å². The van der Waals surface area contributed by atoms with Gasteiger partial charge in [-0.1, -0.05) is 6.07 Å². The topological polar surface area (TPSA) is 94.5 Å². The normalized spacial score (nSPS) is 15.8. The molecular weight excluding hydrogens is 571 g/mol. The van der Waals surface area contributed by atoms with Crippen LogP contribution in [0.4, 0.5) is 36.2 Å². The van der Waals surface area contributed by atoms with Crippen LogP contribution in [-0.4, -0.2) is 75.2 Å². The molecule has 0 aliphatic carbocycles. The van der Waals surface area contributed by atoms with Crippen molar-refractivity contribution in [3.8, 4) is 0 Å². The third-order valence-electron chi connectivity index (χ3n) is 7.96. The van der Waals surface area contributed by atoms with Crippen molar-refractivity contribution in [2.45, 2.75) is 25.7 Å². The van der Waals surface area contributed by atoms with Crippen LogP contribution in [0.5, 0.6) is 0 Å². The number of amides is 1. The molecule has 0 bridgehead atoms. The first-order valence-corrected chi connectivity index (χ1v) is 14.5. The summed E-state index contributed by atoms with van der Waals surface area (Å²) in [7, 11) is 3.86. The van der Waals surface area contributed by atoms with E-state index in [2.05, 4.69) is 40.4 Å². The van der Waals surface area contributed by atoms with Gasteiger partial charge >= 0.3 is 6.18 Å². The Morgan fingerprint density at radius 2 is 1.66 bits per heavy atom. The Balaban J connectivity index is 1.15. The van der Waals surface area contributed by atoms with Gasteiger partial charge in [-0.3, -0.25) is 14.4 Å². The molecule has 0 unspecified atom stereocenters. The summed E-state index contributed by atoms with van der Waals surface area (Å²) in [5.74, 6) is 0.00231. The van der Waals surface area contributed by atoms with Gasteiger partial charge < -0.3 is 20.4 Å². The number of likely N-dealkylation sites (N-methyl/N-ethyl adjacent to an activating group) is 1. The summed E-state index contributed by atoms with van der Waals surface area (Å²) in [5, 5.41) is 9.95. The van der Waals surface area contributed by atoms with E-state index in [-0.39, 0.29) is 5.69 Å². The van der Waals surface area contributed by atoms with Gasteiger partial charge in [0.2, 0.25) is 5.95 Å². The number of fused-ring (bicyclic) bond motifs is 1. The van der Waals surface area contributed by atoms with Crippen LogP contribution < -0.4 is 15.5 Å². The van der Waals surface area contributed by atoms with Crippen molar-refractivity contribution >= 4 is 28.9 Å². The highest BCUT2D eigenvalue weighted by molar-refractivity contribution is 6.05. The lowest BCUT2D eigenvalue weighted by Crippen LogP contribution is -2.43. The number of aromatic nitrogens is 4. The molecule has 6 rings (SSSR count). The first kappa shape index (κ1) is 29.6. The second kappa shape index (κ2) is 12.2. The molecule has 230 valence electrons. The Morgan fingerprint density at radius 3 is 2.36 bits per heavy atom. The van der Waals surface area contributed by atoms with E-state index in [1.807, 2.05) is 26.4 Å². The molecule has 2 aromatic carbocycles. The highest BCUT2D eigenvalue weighted by Crippen LogP contribution is 2.34. The predicted molar refractivity (Wildman–Crippen MR) is 162 cm³/mol. The Bertz CT molecular complexity index is 1630. The van der Waals surface area contributed by atoms with Crippen LogP contribution >= 0.6 is 0 Å². The molecule has 2 N–H and O–H groups in total. The Hall–Kier alpha value is -4.49. The minimum atomic E-state index is -4.53. The van der Waals surface area contributed by atoms with E-state index >= 15 is 0 Å². The number of carbonyl (C=O) groups is 1. The predicted octanol–water partition coefficient (Wildman–Crippen LogP) is 4.53. The molecule has 0 saturated carbocycles. The number of nitrogens with one attached hydrogen (secondary N) is 2. The van der Waals surface area contributed by atoms with Gasteiger partial charge in [0.05, 0.1) is 17.4 Å². The maximum absolute atomic E-state index is 13.8. The van der Waals surface area contributed by atoms with Crippen molar-refractivity contribution in [1.29, 1.82) is 0 Å². The molecule has 1 fully saturated rings. The minimum absolute atomic E-state index is 0.128. The molecule has 1 amide bonds. The fourth-order valence-electron chi connectivity index (χ4n) is 5.57. The van der Waals surface area contributed by atoms with E-state index in [4.69, 9.17) is 0 Å². The average Bonchev–Trinajstić information content (AvgIpc) is 3.59. The second-order valence-corrected chi connectivity index (χ2v) is 11.4. The molecule has 13 heteroatoms. The van der Waals surface area contributed by atoms with Gasteiger partial charge in [-0.05, 0) is 54.9 Å². The zero-order chi connectivity index (χ0) is 30.8. The third-order valence-corrected chi connectivity index (χ3v) is 7.96. The number of anilines is 4. The van der Waals surface area contributed by atoms with Gasteiger partial charge in [0.15, 0.2) is 0 Å². The number of hydrogen-bond acceptors (Lipinski definition) is 8. The molecule has 4 heterocycles. The number of carbonyl (C=O) groups excluding carboxylic acids is 1. The Morgan fingerprint density at radius 1 is 0.886 bits per heavy atom. The molecule has 2 aromatic heterocycles. The Kier molecular flexibility index (Phi) is 8.23. The smallest absolute Gasteiger partial charge is 0.367 e. The number of aryl methyl sites for hydroxylation is 1. The maximum Gasteiger partial charge on any atom is 0.416 e. The first-order chi connectivity index (χ1) is 21.1. The number of benzene rings is 2. The fourth-order valence-corrected chi connectivity index (χ4v) is 5.57. The quantitative estimate of drug-likeness (QED) is 0.303. The standard InChI is InChI=1S/C31H34F3N9O/c1-40-7-9-42(10-8-40)18-21-11-25(31(32,33)34)14-26(12-21)38-29(44)24-4-3-23-5-6-43(28(23)13-24)19-22-15-35-30(36-16-22)39-27-17-37-41(2)20-27/h3-4,11-17,20H,5-10,18-19H2,1-2H3,(H,38,44)(H,35,36,39). The summed E-state index contributed by atoms with van der Waals surface area (Å²) in [4.78, 5) is 28.6. The molecule has 2 aliphatic heterocycles. The van der Waals surface area contributed by atoms with Crippen LogP contribution in [0.2, 0.25) is 0 Å². The molecule has 44 heavy (non-hydrogen) atoms.